The Morgan fingerprint density at radius 1 is 0.867 bits per heavy atom. The normalized spacial score (nSPS) is 7.20. The number of carbonyl (C=O) groups excluding carboxylic acids is 2. The van der Waals surface area contributed by atoms with Gasteiger partial charge in [0.1, 0.15) is 0 Å². The summed E-state index contributed by atoms with van der Waals surface area (Å²) in [5.74, 6) is -4.41. The van der Waals surface area contributed by atoms with Crippen LogP contribution in [0, 0.1) is 0 Å². The minimum absolute atomic E-state index is 0.250. The number of hydrogen-bond acceptors (Lipinski definition) is 5. The molecule has 0 saturated carbocycles. The average Bonchev–Trinajstić information content (AvgIpc) is 2.06. The van der Waals surface area contributed by atoms with Gasteiger partial charge in [-0.3, -0.25) is 9.59 Å². The molecule has 0 spiro atoms. The summed E-state index contributed by atoms with van der Waals surface area (Å²) in [6.45, 7) is 3.94. The molecule has 0 saturated heterocycles. The SMILES string of the molecule is CC(=O)C(=O)O.CC(=O)C(=O)O.CCO. The first-order chi connectivity index (χ1) is 6.70. The lowest BCUT2D eigenvalue weighted by molar-refractivity contribution is -0.148. The molecule has 88 valence electrons. The number of rotatable bonds is 2. The van der Waals surface area contributed by atoms with Crippen LogP contribution in [0.15, 0.2) is 0 Å². The maximum absolute atomic E-state index is 9.54. The van der Waals surface area contributed by atoms with E-state index in [2.05, 4.69) is 0 Å². The maximum atomic E-state index is 9.54. The molecule has 7 nitrogen and oxygen atoms in total. The van der Waals surface area contributed by atoms with E-state index in [4.69, 9.17) is 15.3 Å². The number of aliphatic hydroxyl groups excluding tert-OH is 1. The Hall–Kier alpha value is -1.76. The molecule has 0 aliphatic heterocycles. The first-order valence-electron chi connectivity index (χ1n) is 3.79. The van der Waals surface area contributed by atoms with Gasteiger partial charge in [-0.15, -0.1) is 0 Å². The van der Waals surface area contributed by atoms with Gasteiger partial charge >= 0.3 is 11.9 Å². The van der Waals surface area contributed by atoms with Crippen molar-refractivity contribution in [1.82, 2.24) is 0 Å². The van der Waals surface area contributed by atoms with Crippen molar-refractivity contribution >= 4 is 23.5 Å². The highest BCUT2D eigenvalue weighted by Crippen LogP contribution is 1.62. The van der Waals surface area contributed by atoms with Crippen molar-refractivity contribution in [3.63, 3.8) is 0 Å². The highest BCUT2D eigenvalue weighted by Gasteiger charge is 1.99. The van der Waals surface area contributed by atoms with E-state index in [0.717, 1.165) is 13.8 Å². The Balaban J connectivity index is -0.000000153. The number of Topliss-reactive ketones (excluding diaryl/α,β-unsaturated/α-hetero) is 2. The average molecular weight is 222 g/mol. The first-order valence-corrected chi connectivity index (χ1v) is 3.79. The summed E-state index contributed by atoms with van der Waals surface area (Å²) in [6, 6.07) is 0. The van der Waals surface area contributed by atoms with Crippen LogP contribution in [0.3, 0.4) is 0 Å². The molecule has 0 aromatic heterocycles. The summed E-state index contributed by atoms with van der Waals surface area (Å²) in [4.78, 5) is 37.8. The quantitative estimate of drug-likeness (QED) is 0.527. The minimum Gasteiger partial charge on any atom is -0.476 e. The van der Waals surface area contributed by atoms with Crippen LogP contribution >= 0.6 is 0 Å². The van der Waals surface area contributed by atoms with Crippen molar-refractivity contribution in [3.05, 3.63) is 0 Å². The van der Waals surface area contributed by atoms with Gasteiger partial charge in [0.25, 0.3) is 0 Å². The second-order valence-electron chi connectivity index (χ2n) is 2.04. The summed E-state index contributed by atoms with van der Waals surface area (Å²) in [6.07, 6.45) is 0. The van der Waals surface area contributed by atoms with Gasteiger partial charge in [-0.2, -0.15) is 0 Å². The third kappa shape index (κ3) is 33.0. The molecule has 0 aliphatic carbocycles. The Morgan fingerprint density at radius 3 is 0.933 bits per heavy atom. The number of aliphatic carboxylic acids is 2. The first kappa shape index (κ1) is 18.9. The molecule has 0 atom stereocenters. The van der Waals surface area contributed by atoms with Gasteiger partial charge < -0.3 is 15.3 Å². The molecule has 0 amide bonds. The van der Waals surface area contributed by atoms with Crippen LogP contribution in [0.4, 0.5) is 0 Å². The molecule has 15 heavy (non-hydrogen) atoms. The van der Waals surface area contributed by atoms with Crippen molar-refractivity contribution in [2.45, 2.75) is 20.8 Å². The van der Waals surface area contributed by atoms with Gasteiger partial charge in [0.15, 0.2) is 0 Å². The highest BCUT2D eigenvalue weighted by molar-refractivity contribution is 6.31. The van der Waals surface area contributed by atoms with Crippen molar-refractivity contribution in [3.8, 4) is 0 Å². The van der Waals surface area contributed by atoms with Crippen LogP contribution in [-0.4, -0.2) is 45.4 Å². The van der Waals surface area contributed by atoms with Crippen molar-refractivity contribution in [1.29, 1.82) is 0 Å². The van der Waals surface area contributed by atoms with Gasteiger partial charge in [0, 0.05) is 20.5 Å². The molecule has 0 unspecified atom stereocenters. The Bertz CT molecular complexity index is 183. The molecule has 0 bridgehead atoms. The van der Waals surface area contributed by atoms with Crippen molar-refractivity contribution in [2.24, 2.45) is 0 Å². The highest BCUT2D eigenvalue weighted by atomic mass is 16.4. The fourth-order valence-electron chi connectivity index (χ4n) is 0. The number of carbonyl (C=O) groups is 4. The monoisotopic (exact) mass is 222 g/mol. The third-order valence-corrected chi connectivity index (χ3v) is 0.602. The molecule has 0 rings (SSSR count). The largest absolute Gasteiger partial charge is 0.476 e. The Kier molecular flexibility index (Phi) is 15.4. The number of hydrogen-bond donors (Lipinski definition) is 3. The van der Waals surface area contributed by atoms with Crippen LogP contribution < -0.4 is 0 Å². The van der Waals surface area contributed by atoms with Crippen LogP contribution in [-0.2, 0) is 19.2 Å². The van der Waals surface area contributed by atoms with Gasteiger partial charge in [-0.05, 0) is 6.92 Å². The topological polar surface area (TPSA) is 129 Å². The second-order valence-corrected chi connectivity index (χ2v) is 2.04. The summed E-state index contributed by atoms with van der Waals surface area (Å²) >= 11 is 0. The molecular formula is C8H14O7. The molecule has 0 aliphatic rings. The number of carboxylic acids is 2. The van der Waals surface area contributed by atoms with Crippen LogP contribution in [0.1, 0.15) is 20.8 Å². The Morgan fingerprint density at radius 2 is 0.933 bits per heavy atom. The standard InChI is InChI=1S/2C3H4O3.C2H6O/c2*1-2(4)3(5)6;1-2-3/h2*1H3,(H,5,6);3H,2H2,1H3. The minimum atomic E-state index is -1.38. The zero-order valence-corrected chi connectivity index (χ0v) is 8.68. The third-order valence-electron chi connectivity index (χ3n) is 0.602. The van der Waals surface area contributed by atoms with Crippen molar-refractivity contribution < 1.29 is 34.5 Å². The molecule has 0 aromatic rings. The zero-order valence-electron chi connectivity index (χ0n) is 8.68. The summed E-state index contributed by atoms with van der Waals surface area (Å²) in [5, 5.41) is 22.9. The number of ketones is 2. The van der Waals surface area contributed by atoms with Crippen LogP contribution in [0.5, 0.6) is 0 Å². The molecule has 0 fully saturated rings. The molecule has 0 radical (unpaired) electrons. The lowest BCUT2D eigenvalue weighted by Gasteiger charge is -1.73. The van der Waals surface area contributed by atoms with E-state index in [9.17, 15) is 19.2 Å². The molecule has 0 aromatic carbocycles. The van der Waals surface area contributed by atoms with Crippen LogP contribution in [0.2, 0.25) is 0 Å². The van der Waals surface area contributed by atoms with Gasteiger partial charge in [0.2, 0.25) is 11.6 Å². The molecule has 7 heteroatoms. The predicted octanol–water partition coefficient (Wildman–Crippen LogP) is -0.681. The fourth-order valence-corrected chi connectivity index (χ4v) is 0. The number of aliphatic hydroxyl groups is 1. The lowest BCUT2D eigenvalue weighted by Crippen LogP contribution is -2.05. The zero-order chi connectivity index (χ0) is 13.0. The lowest BCUT2D eigenvalue weighted by atomic mass is 10.5. The summed E-state index contributed by atoms with van der Waals surface area (Å²) in [7, 11) is 0. The van der Waals surface area contributed by atoms with E-state index in [1.807, 2.05) is 0 Å². The van der Waals surface area contributed by atoms with E-state index in [1.54, 1.807) is 6.92 Å². The predicted molar refractivity (Wildman–Crippen MR) is 49.4 cm³/mol. The van der Waals surface area contributed by atoms with E-state index >= 15 is 0 Å². The van der Waals surface area contributed by atoms with E-state index < -0.39 is 23.5 Å². The van der Waals surface area contributed by atoms with Gasteiger partial charge in [0.05, 0.1) is 0 Å². The van der Waals surface area contributed by atoms with Crippen LogP contribution in [0.25, 0.3) is 0 Å². The second kappa shape index (κ2) is 12.2. The maximum Gasteiger partial charge on any atom is 0.371 e. The molecular weight excluding hydrogens is 208 g/mol. The summed E-state index contributed by atoms with van der Waals surface area (Å²) < 4.78 is 0. The van der Waals surface area contributed by atoms with Gasteiger partial charge in [-0.25, -0.2) is 9.59 Å². The van der Waals surface area contributed by atoms with E-state index in [1.165, 1.54) is 0 Å². The van der Waals surface area contributed by atoms with E-state index in [-0.39, 0.29) is 6.61 Å². The number of carboxylic acid groups (broad SMARTS) is 2. The van der Waals surface area contributed by atoms with Crippen molar-refractivity contribution in [2.75, 3.05) is 6.61 Å². The summed E-state index contributed by atoms with van der Waals surface area (Å²) in [5.41, 5.74) is 0. The fraction of sp³-hybridized carbons (Fsp3) is 0.500. The van der Waals surface area contributed by atoms with Gasteiger partial charge in [-0.1, -0.05) is 0 Å². The van der Waals surface area contributed by atoms with E-state index in [0.29, 0.717) is 0 Å². The smallest absolute Gasteiger partial charge is 0.371 e. The molecule has 3 N–H and O–H groups in total. The molecule has 0 heterocycles. The Labute approximate surface area is 86.3 Å².